The molecule has 0 radical (unpaired) electrons. The number of benzene rings is 1. The van der Waals surface area contributed by atoms with Gasteiger partial charge in [0, 0.05) is 37.3 Å². The third-order valence-electron chi connectivity index (χ3n) is 5.64. The molecule has 26 heavy (non-hydrogen) atoms. The van der Waals surface area contributed by atoms with E-state index in [1.54, 1.807) is 26.3 Å². The van der Waals surface area contributed by atoms with Crippen molar-refractivity contribution in [3.63, 3.8) is 0 Å². The predicted molar refractivity (Wildman–Crippen MR) is 116 cm³/mol. The molecule has 6 nitrogen and oxygen atoms in total. The standard InChI is InChI=1S/C19H30N4O2.HI/c1-20-19(21-12-13-9-17(25-3)7-8-18(13)24)22-14-10-15-5-4-6-16(11-14)23(15)2;/h7-9,14-16,24H,4-6,10-12H2,1-3H3,(H2,20,21,22);1H. The van der Waals surface area contributed by atoms with Crippen molar-refractivity contribution in [2.24, 2.45) is 4.99 Å². The minimum Gasteiger partial charge on any atom is -0.508 e. The van der Waals surface area contributed by atoms with Gasteiger partial charge in [0.15, 0.2) is 5.96 Å². The fourth-order valence-electron chi connectivity index (χ4n) is 4.13. The van der Waals surface area contributed by atoms with Crippen molar-refractivity contribution in [1.82, 2.24) is 15.5 Å². The number of hydrogen-bond donors (Lipinski definition) is 3. The number of fused-ring (bicyclic) bond motifs is 2. The molecule has 0 amide bonds. The highest BCUT2D eigenvalue weighted by Crippen LogP contribution is 2.32. The number of nitrogens with zero attached hydrogens (tertiary/aromatic N) is 2. The van der Waals surface area contributed by atoms with E-state index in [4.69, 9.17) is 4.74 Å². The first-order valence-electron chi connectivity index (χ1n) is 9.15. The lowest BCUT2D eigenvalue weighted by Crippen LogP contribution is -2.56. The second-order valence-corrected chi connectivity index (χ2v) is 7.14. The van der Waals surface area contributed by atoms with Gasteiger partial charge in [0.25, 0.3) is 0 Å². The Bertz CT molecular complexity index is 612. The van der Waals surface area contributed by atoms with E-state index < -0.39 is 0 Å². The van der Waals surface area contributed by atoms with E-state index in [-0.39, 0.29) is 29.7 Å². The van der Waals surface area contributed by atoms with Crippen molar-refractivity contribution in [1.29, 1.82) is 0 Å². The van der Waals surface area contributed by atoms with E-state index >= 15 is 0 Å². The Morgan fingerprint density at radius 2 is 2.00 bits per heavy atom. The fraction of sp³-hybridized carbons (Fsp3) is 0.632. The molecule has 146 valence electrons. The van der Waals surface area contributed by atoms with Crippen LogP contribution in [0.2, 0.25) is 0 Å². The minimum atomic E-state index is 0. The zero-order chi connectivity index (χ0) is 17.8. The first-order chi connectivity index (χ1) is 12.1. The lowest BCUT2D eigenvalue weighted by molar-refractivity contribution is 0.0526. The zero-order valence-electron chi connectivity index (χ0n) is 15.9. The molecular formula is C19H31IN4O2. The van der Waals surface area contributed by atoms with Gasteiger partial charge in [-0.2, -0.15) is 0 Å². The molecule has 0 aliphatic carbocycles. The highest BCUT2D eigenvalue weighted by Gasteiger charge is 2.36. The highest BCUT2D eigenvalue weighted by molar-refractivity contribution is 14.0. The Kier molecular flexibility index (Phi) is 7.82. The molecule has 1 aromatic carbocycles. The number of phenols is 1. The number of guanidine groups is 1. The second kappa shape index (κ2) is 9.64. The van der Waals surface area contributed by atoms with Gasteiger partial charge in [-0.15, -0.1) is 24.0 Å². The van der Waals surface area contributed by atoms with Crippen LogP contribution in [-0.4, -0.2) is 55.3 Å². The third-order valence-corrected chi connectivity index (χ3v) is 5.64. The van der Waals surface area contributed by atoms with Crippen LogP contribution in [0.15, 0.2) is 23.2 Å². The summed E-state index contributed by atoms with van der Waals surface area (Å²) in [5.41, 5.74) is 0.794. The van der Waals surface area contributed by atoms with Gasteiger partial charge in [-0.3, -0.25) is 4.99 Å². The van der Waals surface area contributed by atoms with Crippen molar-refractivity contribution in [2.45, 2.75) is 56.8 Å². The van der Waals surface area contributed by atoms with Gasteiger partial charge in [0.1, 0.15) is 11.5 Å². The third kappa shape index (κ3) is 4.94. The summed E-state index contributed by atoms with van der Waals surface area (Å²) in [6, 6.07) is 7.08. The van der Waals surface area contributed by atoms with Gasteiger partial charge >= 0.3 is 0 Å². The van der Waals surface area contributed by atoms with Crippen LogP contribution in [0.5, 0.6) is 11.5 Å². The molecule has 2 fully saturated rings. The lowest BCUT2D eigenvalue weighted by Gasteiger charge is -2.47. The second-order valence-electron chi connectivity index (χ2n) is 7.14. The number of methoxy groups -OCH3 is 1. The molecule has 2 aliphatic rings. The van der Waals surface area contributed by atoms with Gasteiger partial charge in [-0.25, -0.2) is 0 Å². The highest BCUT2D eigenvalue weighted by atomic mass is 127. The first-order valence-corrected chi connectivity index (χ1v) is 9.15. The van der Waals surface area contributed by atoms with Crippen LogP contribution < -0.4 is 15.4 Å². The smallest absolute Gasteiger partial charge is 0.191 e. The van der Waals surface area contributed by atoms with Gasteiger partial charge < -0.3 is 25.4 Å². The fourth-order valence-corrected chi connectivity index (χ4v) is 4.13. The van der Waals surface area contributed by atoms with Crippen molar-refractivity contribution < 1.29 is 9.84 Å². The van der Waals surface area contributed by atoms with Crippen LogP contribution in [0, 0.1) is 0 Å². The number of aromatic hydroxyl groups is 1. The number of nitrogens with one attached hydrogen (secondary N) is 2. The first kappa shape index (κ1) is 21.1. The summed E-state index contributed by atoms with van der Waals surface area (Å²) in [5, 5.41) is 16.9. The maximum Gasteiger partial charge on any atom is 0.191 e. The summed E-state index contributed by atoms with van der Waals surface area (Å²) in [4.78, 5) is 6.91. The molecule has 0 spiro atoms. The molecule has 2 atom stereocenters. The Balaban J connectivity index is 0.00000243. The molecular weight excluding hydrogens is 443 g/mol. The normalized spacial score (nSPS) is 26.0. The molecule has 2 unspecified atom stereocenters. The molecule has 2 aliphatic heterocycles. The zero-order valence-corrected chi connectivity index (χ0v) is 18.2. The Morgan fingerprint density at radius 3 is 2.62 bits per heavy atom. The van der Waals surface area contributed by atoms with E-state index in [1.165, 1.54) is 19.3 Å². The molecule has 1 aromatic rings. The van der Waals surface area contributed by atoms with Crippen molar-refractivity contribution in [2.75, 3.05) is 21.2 Å². The van der Waals surface area contributed by atoms with E-state index in [0.717, 1.165) is 30.1 Å². The van der Waals surface area contributed by atoms with Crippen LogP contribution in [0.4, 0.5) is 0 Å². The summed E-state index contributed by atoms with van der Waals surface area (Å²) in [7, 11) is 5.68. The summed E-state index contributed by atoms with van der Waals surface area (Å²) in [6.07, 6.45) is 6.29. The van der Waals surface area contributed by atoms with Crippen molar-refractivity contribution in [3.8, 4) is 11.5 Å². The quantitative estimate of drug-likeness (QED) is 0.356. The largest absolute Gasteiger partial charge is 0.508 e. The molecule has 3 N–H and O–H groups in total. The van der Waals surface area contributed by atoms with Gasteiger partial charge in [0.05, 0.1) is 7.11 Å². The Hall–Kier alpha value is -1.22. The number of aliphatic imine (C=N–C) groups is 1. The molecule has 7 heteroatoms. The maximum atomic E-state index is 10.0. The lowest BCUT2D eigenvalue weighted by atomic mass is 9.82. The summed E-state index contributed by atoms with van der Waals surface area (Å²) in [5.74, 6) is 1.79. The van der Waals surface area contributed by atoms with Gasteiger partial charge in [0.2, 0.25) is 0 Å². The summed E-state index contributed by atoms with van der Waals surface area (Å²) < 4.78 is 5.23. The van der Waals surface area contributed by atoms with Crippen LogP contribution in [0.1, 0.15) is 37.7 Å². The number of ether oxygens (including phenoxy) is 1. The SMILES string of the molecule is CN=C(NCc1cc(OC)ccc1O)NC1CC2CCCC(C1)N2C.I. The Morgan fingerprint density at radius 1 is 1.31 bits per heavy atom. The average Bonchev–Trinajstić information content (AvgIpc) is 2.60. The van der Waals surface area contributed by atoms with Crippen LogP contribution in [-0.2, 0) is 6.54 Å². The van der Waals surface area contributed by atoms with E-state index in [1.807, 2.05) is 6.07 Å². The van der Waals surface area contributed by atoms with Crippen molar-refractivity contribution in [3.05, 3.63) is 23.8 Å². The summed E-state index contributed by atoms with van der Waals surface area (Å²) >= 11 is 0. The molecule has 3 rings (SSSR count). The molecule has 0 aromatic heterocycles. The number of rotatable bonds is 4. The number of piperidine rings is 2. The topological polar surface area (TPSA) is 69.1 Å². The minimum absolute atomic E-state index is 0. The van der Waals surface area contributed by atoms with Gasteiger partial charge in [-0.1, -0.05) is 6.42 Å². The molecule has 2 heterocycles. The van der Waals surface area contributed by atoms with E-state index in [2.05, 4.69) is 27.6 Å². The molecule has 2 bridgehead atoms. The summed E-state index contributed by atoms with van der Waals surface area (Å²) in [6.45, 7) is 0.502. The van der Waals surface area contributed by atoms with Crippen LogP contribution in [0.3, 0.4) is 0 Å². The molecule has 2 saturated heterocycles. The van der Waals surface area contributed by atoms with Crippen LogP contribution in [0.25, 0.3) is 0 Å². The monoisotopic (exact) mass is 474 g/mol. The number of phenolic OH excluding ortho intramolecular Hbond substituents is 1. The predicted octanol–water partition coefficient (Wildman–Crippen LogP) is 2.70. The van der Waals surface area contributed by atoms with E-state index in [0.29, 0.717) is 24.7 Å². The van der Waals surface area contributed by atoms with E-state index in [9.17, 15) is 5.11 Å². The number of halogens is 1. The number of hydrogen-bond acceptors (Lipinski definition) is 4. The van der Waals surface area contributed by atoms with Crippen LogP contribution >= 0.6 is 24.0 Å². The maximum absolute atomic E-state index is 10.0. The molecule has 0 saturated carbocycles. The van der Waals surface area contributed by atoms with Crippen molar-refractivity contribution >= 4 is 29.9 Å². The van der Waals surface area contributed by atoms with Gasteiger partial charge in [-0.05, 0) is 50.9 Å². The Labute approximate surface area is 173 Å². The average molecular weight is 474 g/mol.